The number of nitrogens with zero attached hydrogens (tertiary/aromatic N) is 4. The summed E-state index contributed by atoms with van der Waals surface area (Å²) in [5.41, 5.74) is 0.660. The van der Waals surface area contributed by atoms with Gasteiger partial charge in [-0.25, -0.2) is 9.78 Å². The predicted octanol–water partition coefficient (Wildman–Crippen LogP) is 2.20. The summed E-state index contributed by atoms with van der Waals surface area (Å²) in [5.74, 6) is -0.470. The summed E-state index contributed by atoms with van der Waals surface area (Å²) in [7, 11) is 0. The van der Waals surface area contributed by atoms with Gasteiger partial charge in [0.05, 0.1) is 22.7 Å². The SMILES string of the molecule is CC(C)(C)OC(=O)N1CCC(CN2C(=O)c3cnc4[nH]ncc4c3C2=O)CC1. The standard InChI is InChI=1S/C19H23N5O4/c1-19(2,3)28-18(27)23-6-4-11(5-7-23)10-24-16(25)13-8-20-15-12(9-21-22-15)14(13)17(24)26/h8-9,11H,4-7,10H2,1-3H3,(H,20,21,22). The average Bonchev–Trinajstić information content (AvgIpc) is 3.19. The van der Waals surface area contributed by atoms with Crippen LogP contribution in [0.4, 0.5) is 4.79 Å². The van der Waals surface area contributed by atoms with Crippen LogP contribution in [0.15, 0.2) is 12.4 Å². The van der Waals surface area contributed by atoms with Crippen LogP contribution in [-0.4, -0.2) is 68.1 Å². The maximum Gasteiger partial charge on any atom is 0.410 e. The number of amides is 3. The topological polar surface area (TPSA) is 108 Å². The molecule has 148 valence electrons. The van der Waals surface area contributed by atoms with Crippen molar-refractivity contribution in [3.8, 4) is 0 Å². The van der Waals surface area contributed by atoms with E-state index in [9.17, 15) is 14.4 Å². The number of imide groups is 1. The number of rotatable bonds is 2. The molecular weight excluding hydrogens is 362 g/mol. The van der Waals surface area contributed by atoms with Crippen molar-refractivity contribution in [2.45, 2.75) is 39.2 Å². The molecule has 2 aliphatic rings. The van der Waals surface area contributed by atoms with Gasteiger partial charge in [0, 0.05) is 25.8 Å². The van der Waals surface area contributed by atoms with Crippen LogP contribution in [0, 0.1) is 5.92 Å². The molecule has 0 radical (unpaired) electrons. The Kier molecular flexibility index (Phi) is 4.32. The lowest BCUT2D eigenvalue weighted by atomic mass is 9.96. The number of ether oxygens (including phenoxy) is 1. The Labute approximate surface area is 162 Å². The Balaban J connectivity index is 1.41. The minimum atomic E-state index is -0.527. The molecule has 1 saturated heterocycles. The fourth-order valence-corrected chi connectivity index (χ4v) is 3.71. The molecule has 4 heterocycles. The molecule has 3 amide bonds. The maximum absolute atomic E-state index is 12.9. The van der Waals surface area contributed by atoms with Crippen molar-refractivity contribution in [2.75, 3.05) is 19.6 Å². The van der Waals surface area contributed by atoms with Crippen molar-refractivity contribution in [3.63, 3.8) is 0 Å². The zero-order valence-electron chi connectivity index (χ0n) is 16.2. The number of carbonyl (C=O) groups excluding carboxylic acids is 3. The lowest BCUT2D eigenvalue weighted by Gasteiger charge is -2.34. The first-order valence-electron chi connectivity index (χ1n) is 9.41. The van der Waals surface area contributed by atoms with Crippen LogP contribution in [0.2, 0.25) is 0 Å². The van der Waals surface area contributed by atoms with Gasteiger partial charge < -0.3 is 9.64 Å². The van der Waals surface area contributed by atoms with Crippen LogP contribution in [0.3, 0.4) is 0 Å². The van der Waals surface area contributed by atoms with Crippen LogP contribution in [0.25, 0.3) is 11.0 Å². The number of nitrogens with one attached hydrogen (secondary N) is 1. The molecule has 0 bridgehead atoms. The second kappa shape index (κ2) is 6.57. The average molecular weight is 385 g/mol. The van der Waals surface area contributed by atoms with E-state index >= 15 is 0 Å². The quantitative estimate of drug-likeness (QED) is 0.794. The minimum Gasteiger partial charge on any atom is -0.444 e. The number of aromatic amines is 1. The molecule has 9 heteroatoms. The highest BCUT2D eigenvalue weighted by Gasteiger charge is 2.39. The molecule has 2 aromatic rings. The molecule has 0 aromatic carbocycles. The molecule has 0 unspecified atom stereocenters. The van der Waals surface area contributed by atoms with E-state index in [1.54, 1.807) is 4.90 Å². The normalized spacial score (nSPS) is 18.1. The van der Waals surface area contributed by atoms with Crippen LogP contribution in [0.5, 0.6) is 0 Å². The van der Waals surface area contributed by atoms with E-state index in [0.29, 0.717) is 54.6 Å². The first-order valence-corrected chi connectivity index (χ1v) is 9.41. The lowest BCUT2D eigenvalue weighted by molar-refractivity contribution is 0.0166. The van der Waals surface area contributed by atoms with E-state index in [0.717, 1.165) is 0 Å². The maximum atomic E-state index is 12.9. The van der Waals surface area contributed by atoms with Crippen molar-refractivity contribution < 1.29 is 19.1 Å². The third-order valence-electron chi connectivity index (χ3n) is 5.12. The molecule has 2 aromatic heterocycles. The van der Waals surface area contributed by atoms with Gasteiger partial charge in [-0.2, -0.15) is 5.10 Å². The highest BCUT2D eigenvalue weighted by Crippen LogP contribution is 2.30. The number of fused-ring (bicyclic) bond motifs is 3. The summed E-state index contributed by atoms with van der Waals surface area (Å²) in [6.45, 7) is 6.96. The van der Waals surface area contributed by atoms with Gasteiger partial charge in [0.25, 0.3) is 11.8 Å². The van der Waals surface area contributed by atoms with Gasteiger partial charge in [-0.05, 0) is 39.5 Å². The van der Waals surface area contributed by atoms with Crippen LogP contribution >= 0.6 is 0 Å². The number of carbonyl (C=O) groups is 3. The van der Waals surface area contributed by atoms with Gasteiger partial charge >= 0.3 is 6.09 Å². The summed E-state index contributed by atoms with van der Waals surface area (Å²) in [5, 5.41) is 7.20. The molecule has 0 spiro atoms. The van der Waals surface area contributed by atoms with E-state index < -0.39 is 5.60 Å². The Hall–Kier alpha value is -2.97. The van der Waals surface area contributed by atoms with Crippen molar-refractivity contribution in [1.82, 2.24) is 25.0 Å². The molecule has 0 atom stereocenters. The molecule has 0 aliphatic carbocycles. The third kappa shape index (κ3) is 3.21. The predicted molar refractivity (Wildman–Crippen MR) is 99.8 cm³/mol. The molecule has 9 nitrogen and oxygen atoms in total. The van der Waals surface area contributed by atoms with E-state index in [2.05, 4.69) is 15.2 Å². The van der Waals surface area contributed by atoms with Gasteiger partial charge in [0.15, 0.2) is 5.65 Å². The highest BCUT2D eigenvalue weighted by molar-refractivity contribution is 6.25. The molecule has 28 heavy (non-hydrogen) atoms. The summed E-state index contributed by atoms with van der Waals surface area (Å²) >= 11 is 0. The zero-order chi connectivity index (χ0) is 20.1. The van der Waals surface area contributed by atoms with Crippen molar-refractivity contribution in [3.05, 3.63) is 23.5 Å². The fraction of sp³-hybridized carbons (Fsp3) is 0.526. The van der Waals surface area contributed by atoms with Gasteiger partial charge in [0.1, 0.15) is 5.60 Å². The van der Waals surface area contributed by atoms with Crippen molar-refractivity contribution in [1.29, 1.82) is 0 Å². The smallest absolute Gasteiger partial charge is 0.410 e. The van der Waals surface area contributed by atoms with Gasteiger partial charge in [-0.3, -0.25) is 19.6 Å². The van der Waals surface area contributed by atoms with Gasteiger partial charge in [0.2, 0.25) is 0 Å². The van der Waals surface area contributed by atoms with E-state index in [-0.39, 0.29) is 23.8 Å². The van der Waals surface area contributed by atoms with E-state index in [4.69, 9.17) is 4.74 Å². The molecule has 1 N–H and O–H groups in total. The monoisotopic (exact) mass is 385 g/mol. The first-order chi connectivity index (χ1) is 13.2. The molecule has 2 aliphatic heterocycles. The van der Waals surface area contributed by atoms with Crippen molar-refractivity contribution >= 4 is 28.9 Å². The van der Waals surface area contributed by atoms with Crippen LogP contribution < -0.4 is 0 Å². The van der Waals surface area contributed by atoms with Crippen LogP contribution in [0.1, 0.15) is 54.3 Å². The number of likely N-dealkylation sites (tertiary alicyclic amines) is 1. The third-order valence-corrected chi connectivity index (χ3v) is 5.12. The zero-order valence-corrected chi connectivity index (χ0v) is 16.2. The van der Waals surface area contributed by atoms with E-state index in [1.165, 1.54) is 17.3 Å². The molecule has 1 fully saturated rings. The van der Waals surface area contributed by atoms with Crippen molar-refractivity contribution in [2.24, 2.45) is 5.92 Å². The largest absolute Gasteiger partial charge is 0.444 e. The molecule has 4 rings (SSSR count). The highest BCUT2D eigenvalue weighted by atomic mass is 16.6. The lowest BCUT2D eigenvalue weighted by Crippen LogP contribution is -2.44. The Morgan fingerprint density at radius 3 is 2.61 bits per heavy atom. The molecular formula is C19H23N5O4. The Morgan fingerprint density at radius 2 is 1.93 bits per heavy atom. The second-order valence-corrected chi connectivity index (χ2v) is 8.31. The summed E-state index contributed by atoms with van der Waals surface area (Å²) in [6, 6.07) is 0. The number of piperidine rings is 1. The second-order valence-electron chi connectivity index (χ2n) is 8.31. The summed E-state index contributed by atoms with van der Waals surface area (Å²) in [6.07, 6.45) is 4.06. The number of hydrogen-bond acceptors (Lipinski definition) is 6. The Bertz CT molecular complexity index is 953. The van der Waals surface area contributed by atoms with Gasteiger partial charge in [-0.1, -0.05) is 0 Å². The minimum absolute atomic E-state index is 0.147. The summed E-state index contributed by atoms with van der Waals surface area (Å²) in [4.78, 5) is 44.9. The van der Waals surface area contributed by atoms with Crippen LogP contribution in [-0.2, 0) is 4.74 Å². The number of hydrogen-bond donors (Lipinski definition) is 1. The number of pyridine rings is 1. The first kappa shape index (κ1) is 18.4. The molecule has 0 saturated carbocycles. The summed E-state index contributed by atoms with van der Waals surface area (Å²) < 4.78 is 5.41. The number of aromatic nitrogens is 3. The Morgan fingerprint density at radius 1 is 1.21 bits per heavy atom. The van der Waals surface area contributed by atoms with E-state index in [1.807, 2.05) is 20.8 Å². The van der Waals surface area contributed by atoms with Gasteiger partial charge in [-0.15, -0.1) is 0 Å². The fourth-order valence-electron chi connectivity index (χ4n) is 3.71. The number of H-pyrrole nitrogens is 1.